The minimum absolute atomic E-state index is 0.251. The van der Waals surface area contributed by atoms with Gasteiger partial charge in [0.2, 0.25) is 0 Å². The molecule has 1 aromatic carbocycles. The molecule has 0 spiro atoms. The first kappa shape index (κ1) is 11.3. The topological polar surface area (TPSA) is 55.0 Å². The summed E-state index contributed by atoms with van der Waals surface area (Å²) in [6, 6.07) is 6.61. The van der Waals surface area contributed by atoms with Crippen molar-refractivity contribution in [2.24, 2.45) is 0 Å². The highest BCUT2D eigenvalue weighted by Crippen LogP contribution is 2.18. The van der Waals surface area contributed by atoms with E-state index in [2.05, 4.69) is 9.97 Å². The molecular weight excluding hydrogens is 219 g/mol. The van der Waals surface area contributed by atoms with Gasteiger partial charge in [-0.1, -0.05) is 12.1 Å². The number of nitrogens with zero attached hydrogens (tertiary/aromatic N) is 3. The minimum atomic E-state index is -0.251. The molecule has 0 aliphatic heterocycles. The van der Waals surface area contributed by atoms with E-state index in [0.29, 0.717) is 18.1 Å². The SMILES string of the molecule is CN(Cc1cnc(N)cn1)c1ccccc1F. The summed E-state index contributed by atoms with van der Waals surface area (Å²) in [5, 5.41) is 0. The van der Waals surface area contributed by atoms with Crippen LogP contribution in [0.15, 0.2) is 36.7 Å². The van der Waals surface area contributed by atoms with Crippen molar-refractivity contribution in [2.75, 3.05) is 17.7 Å². The average molecular weight is 232 g/mol. The maximum Gasteiger partial charge on any atom is 0.146 e. The number of nitrogen functional groups attached to an aromatic ring is 1. The van der Waals surface area contributed by atoms with Gasteiger partial charge in [0.15, 0.2) is 0 Å². The number of hydrogen-bond acceptors (Lipinski definition) is 4. The Morgan fingerprint density at radius 1 is 1.24 bits per heavy atom. The zero-order chi connectivity index (χ0) is 12.3. The third kappa shape index (κ3) is 2.69. The summed E-state index contributed by atoms with van der Waals surface area (Å²) in [6.07, 6.45) is 3.08. The Kier molecular flexibility index (Phi) is 3.18. The zero-order valence-electron chi connectivity index (χ0n) is 9.47. The van der Waals surface area contributed by atoms with E-state index in [9.17, 15) is 4.39 Å². The fourth-order valence-corrected chi connectivity index (χ4v) is 1.54. The van der Waals surface area contributed by atoms with E-state index in [1.54, 1.807) is 36.3 Å². The van der Waals surface area contributed by atoms with Crippen molar-refractivity contribution >= 4 is 11.5 Å². The molecule has 0 amide bonds. The fraction of sp³-hybridized carbons (Fsp3) is 0.167. The number of halogens is 1. The number of anilines is 2. The molecule has 0 radical (unpaired) electrons. The normalized spacial score (nSPS) is 10.2. The van der Waals surface area contributed by atoms with E-state index in [1.165, 1.54) is 12.3 Å². The maximum absolute atomic E-state index is 13.5. The lowest BCUT2D eigenvalue weighted by atomic mass is 10.2. The molecular formula is C12H13FN4. The predicted octanol–water partition coefficient (Wildman–Crippen LogP) is 1.83. The molecule has 2 rings (SSSR count). The Labute approximate surface area is 98.9 Å². The third-order valence-electron chi connectivity index (χ3n) is 2.39. The number of para-hydroxylation sites is 1. The summed E-state index contributed by atoms with van der Waals surface area (Å²) in [6.45, 7) is 0.480. The molecule has 2 N–H and O–H groups in total. The van der Waals surface area contributed by atoms with Crippen LogP contribution in [0.2, 0.25) is 0 Å². The van der Waals surface area contributed by atoms with Gasteiger partial charge in [-0.3, -0.25) is 4.98 Å². The highest BCUT2D eigenvalue weighted by molar-refractivity contribution is 5.46. The molecule has 0 bridgehead atoms. The molecule has 5 heteroatoms. The monoisotopic (exact) mass is 232 g/mol. The van der Waals surface area contributed by atoms with Gasteiger partial charge in [-0.15, -0.1) is 0 Å². The lowest BCUT2D eigenvalue weighted by Gasteiger charge is -2.19. The van der Waals surface area contributed by atoms with Crippen LogP contribution in [0.1, 0.15) is 5.69 Å². The van der Waals surface area contributed by atoms with Crippen molar-refractivity contribution in [3.05, 3.63) is 48.2 Å². The quantitative estimate of drug-likeness (QED) is 0.877. The van der Waals surface area contributed by atoms with Crippen molar-refractivity contribution in [2.45, 2.75) is 6.54 Å². The minimum Gasteiger partial charge on any atom is -0.382 e. The smallest absolute Gasteiger partial charge is 0.146 e. The van der Waals surface area contributed by atoms with E-state index >= 15 is 0 Å². The van der Waals surface area contributed by atoms with Gasteiger partial charge < -0.3 is 10.6 Å². The fourth-order valence-electron chi connectivity index (χ4n) is 1.54. The van der Waals surface area contributed by atoms with Crippen LogP contribution in [0.5, 0.6) is 0 Å². The molecule has 0 saturated heterocycles. The zero-order valence-corrected chi connectivity index (χ0v) is 9.47. The number of rotatable bonds is 3. The van der Waals surface area contributed by atoms with Crippen molar-refractivity contribution in [3.8, 4) is 0 Å². The van der Waals surface area contributed by atoms with E-state index in [4.69, 9.17) is 5.73 Å². The largest absolute Gasteiger partial charge is 0.382 e. The second-order valence-electron chi connectivity index (χ2n) is 3.74. The molecule has 0 fully saturated rings. The summed E-state index contributed by atoms with van der Waals surface area (Å²) in [5.41, 5.74) is 6.72. The van der Waals surface area contributed by atoms with Crippen LogP contribution >= 0.6 is 0 Å². The molecule has 1 aromatic heterocycles. The molecule has 17 heavy (non-hydrogen) atoms. The first-order chi connectivity index (χ1) is 8.16. The second-order valence-corrected chi connectivity index (χ2v) is 3.74. The van der Waals surface area contributed by atoms with Gasteiger partial charge in [-0.25, -0.2) is 9.37 Å². The predicted molar refractivity (Wildman–Crippen MR) is 65.0 cm³/mol. The Morgan fingerprint density at radius 3 is 2.65 bits per heavy atom. The average Bonchev–Trinajstić information content (AvgIpc) is 2.32. The highest BCUT2D eigenvalue weighted by Gasteiger charge is 2.07. The summed E-state index contributed by atoms with van der Waals surface area (Å²) >= 11 is 0. The number of benzene rings is 1. The van der Waals surface area contributed by atoms with E-state index in [0.717, 1.165) is 5.69 Å². The molecule has 2 aromatic rings. The summed E-state index contributed by atoms with van der Waals surface area (Å²) in [7, 11) is 1.80. The van der Waals surface area contributed by atoms with Crippen LogP contribution in [0.25, 0.3) is 0 Å². The Morgan fingerprint density at radius 2 is 2.00 bits per heavy atom. The highest BCUT2D eigenvalue weighted by atomic mass is 19.1. The molecule has 1 heterocycles. The van der Waals surface area contributed by atoms with Gasteiger partial charge in [-0.05, 0) is 12.1 Å². The van der Waals surface area contributed by atoms with E-state index in [-0.39, 0.29) is 5.82 Å². The summed E-state index contributed by atoms with van der Waals surface area (Å²) in [5.74, 6) is 0.126. The molecule has 0 aliphatic rings. The van der Waals surface area contributed by atoms with E-state index < -0.39 is 0 Å². The third-order valence-corrected chi connectivity index (χ3v) is 2.39. The van der Waals surface area contributed by atoms with Gasteiger partial charge in [-0.2, -0.15) is 0 Å². The first-order valence-electron chi connectivity index (χ1n) is 5.19. The van der Waals surface area contributed by atoms with Gasteiger partial charge in [0.1, 0.15) is 11.6 Å². The van der Waals surface area contributed by atoms with Crippen molar-refractivity contribution in [1.82, 2.24) is 9.97 Å². The number of nitrogens with two attached hydrogens (primary N) is 1. The summed E-state index contributed by atoms with van der Waals surface area (Å²) in [4.78, 5) is 9.84. The van der Waals surface area contributed by atoms with Crippen LogP contribution in [0, 0.1) is 5.82 Å². The molecule has 88 valence electrons. The molecule has 0 saturated carbocycles. The van der Waals surface area contributed by atoms with Crippen LogP contribution in [0.3, 0.4) is 0 Å². The van der Waals surface area contributed by atoms with Crippen LogP contribution < -0.4 is 10.6 Å². The van der Waals surface area contributed by atoms with Crippen LogP contribution in [-0.4, -0.2) is 17.0 Å². The Hall–Kier alpha value is -2.17. The lowest BCUT2D eigenvalue weighted by Crippen LogP contribution is -2.18. The first-order valence-corrected chi connectivity index (χ1v) is 5.19. The Bertz CT molecular complexity index is 498. The summed E-state index contributed by atoms with van der Waals surface area (Å²) < 4.78 is 13.5. The van der Waals surface area contributed by atoms with Crippen molar-refractivity contribution in [3.63, 3.8) is 0 Å². The molecule has 0 aliphatic carbocycles. The van der Waals surface area contributed by atoms with Gasteiger partial charge in [0.25, 0.3) is 0 Å². The molecule has 4 nitrogen and oxygen atoms in total. The van der Waals surface area contributed by atoms with Crippen LogP contribution in [0.4, 0.5) is 15.9 Å². The van der Waals surface area contributed by atoms with Gasteiger partial charge >= 0.3 is 0 Å². The van der Waals surface area contributed by atoms with Gasteiger partial charge in [0.05, 0.1) is 30.3 Å². The lowest BCUT2D eigenvalue weighted by molar-refractivity contribution is 0.621. The number of aromatic nitrogens is 2. The van der Waals surface area contributed by atoms with Crippen molar-refractivity contribution in [1.29, 1.82) is 0 Å². The number of hydrogen-bond donors (Lipinski definition) is 1. The molecule has 0 unspecified atom stereocenters. The van der Waals surface area contributed by atoms with Crippen molar-refractivity contribution < 1.29 is 4.39 Å². The van der Waals surface area contributed by atoms with E-state index in [1.807, 2.05) is 0 Å². The molecule has 0 atom stereocenters. The maximum atomic E-state index is 13.5. The standard InChI is InChI=1S/C12H13FN4/c1-17(11-5-3-2-4-10(11)13)8-9-6-16-12(14)7-15-9/h2-7H,8H2,1H3,(H2,14,16). The second kappa shape index (κ2) is 4.78. The van der Waals surface area contributed by atoms with Crippen LogP contribution in [-0.2, 0) is 6.54 Å². The van der Waals surface area contributed by atoms with Gasteiger partial charge in [0, 0.05) is 7.05 Å². The Balaban J connectivity index is 2.14.